The molecule has 0 amide bonds. The Labute approximate surface area is 121 Å². The van der Waals surface area contributed by atoms with E-state index in [2.05, 4.69) is 33.5 Å². The zero-order chi connectivity index (χ0) is 13.9. The maximum absolute atomic E-state index is 5.18. The highest BCUT2D eigenvalue weighted by Gasteiger charge is 2.02. The van der Waals surface area contributed by atoms with Gasteiger partial charge in [-0.3, -0.25) is 5.10 Å². The molecule has 0 aliphatic rings. The highest BCUT2D eigenvalue weighted by atomic mass is 32.1. The average Bonchev–Trinajstić information content (AvgIpc) is 2.85. The van der Waals surface area contributed by atoms with Crippen LogP contribution in [0.5, 0.6) is 0 Å². The Balaban J connectivity index is 2.07. The van der Waals surface area contributed by atoms with Crippen LogP contribution in [0.2, 0.25) is 0 Å². The topological polar surface area (TPSA) is 46.0 Å². The molecule has 3 rings (SSSR count). The Morgan fingerprint density at radius 1 is 1.25 bits per heavy atom. The number of aromatic nitrogens is 3. The van der Waals surface area contributed by atoms with Crippen molar-refractivity contribution in [1.29, 1.82) is 0 Å². The summed E-state index contributed by atoms with van der Waals surface area (Å²) in [4.78, 5) is 0. The second-order valence-corrected chi connectivity index (χ2v) is 4.81. The lowest BCUT2D eigenvalue weighted by atomic mass is 10.1. The second kappa shape index (κ2) is 5.38. The zero-order valence-electron chi connectivity index (χ0n) is 11.1. The summed E-state index contributed by atoms with van der Waals surface area (Å²) in [7, 11) is 0. The first-order chi connectivity index (χ1) is 9.79. The molecule has 0 unspecified atom stereocenters. The number of aryl methyl sites for hydroxylation is 1. The summed E-state index contributed by atoms with van der Waals surface area (Å²) < 4.78 is 2.18. The summed E-state index contributed by atoms with van der Waals surface area (Å²) in [5.74, 6) is 0.825. The molecule has 0 radical (unpaired) electrons. The van der Waals surface area contributed by atoms with E-state index >= 15 is 0 Å². The lowest BCUT2D eigenvalue weighted by molar-refractivity contribution is 0.780. The van der Waals surface area contributed by atoms with E-state index in [1.165, 1.54) is 10.8 Å². The summed E-state index contributed by atoms with van der Waals surface area (Å²) in [6.45, 7) is 2.02. The highest BCUT2D eigenvalue weighted by Crippen LogP contribution is 2.17. The first kappa shape index (κ1) is 12.7. The molecule has 0 saturated carbocycles. The molecule has 1 heterocycles. The Hall–Kier alpha value is -2.27. The van der Waals surface area contributed by atoms with Crippen LogP contribution in [-0.2, 0) is 6.42 Å². The third-order valence-electron chi connectivity index (χ3n) is 3.17. The molecule has 0 atom stereocenters. The van der Waals surface area contributed by atoms with Crippen LogP contribution in [0.15, 0.2) is 47.6 Å². The zero-order valence-corrected chi connectivity index (χ0v) is 11.9. The SMILES string of the molecule is CCc1n[nH]c(=S)n1/N=C\c1cccc2ccccc12. The highest BCUT2D eigenvalue weighted by molar-refractivity contribution is 7.71. The van der Waals surface area contributed by atoms with E-state index in [0.717, 1.165) is 17.8 Å². The molecule has 1 N–H and O–H groups in total. The fourth-order valence-corrected chi connectivity index (χ4v) is 2.35. The predicted octanol–water partition coefficient (Wildman–Crippen LogP) is 3.54. The molecule has 0 aliphatic heterocycles. The lowest BCUT2D eigenvalue weighted by Crippen LogP contribution is -1.97. The van der Waals surface area contributed by atoms with Gasteiger partial charge >= 0.3 is 0 Å². The molecular weight excluding hydrogens is 268 g/mol. The van der Waals surface area contributed by atoms with Gasteiger partial charge in [-0.05, 0) is 23.0 Å². The number of nitrogens with zero attached hydrogens (tertiary/aromatic N) is 3. The Morgan fingerprint density at radius 3 is 2.90 bits per heavy atom. The van der Waals surface area contributed by atoms with E-state index in [9.17, 15) is 0 Å². The van der Waals surface area contributed by atoms with Gasteiger partial charge in [0.05, 0.1) is 6.21 Å². The van der Waals surface area contributed by atoms with Gasteiger partial charge in [-0.1, -0.05) is 49.4 Å². The minimum atomic E-state index is 0.512. The number of H-pyrrole nitrogens is 1. The van der Waals surface area contributed by atoms with E-state index in [-0.39, 0.29) is 0 Å². The maximum Gasteiger partial charge on any atom is 0.216 e. The van der Waals surface area contributed by atoms with E-state index in [0.29, 0.717) is 4.77 Å². The third kappa shape index (κ3) is 2.28. The molecule has 0 bridgehead atoms. The summed E-state index contributed by atoms with van der Waals surface area (Å²) >= 11 is 5.18. The van der Waals surface area contributed by atoms with E-state index in [1.807, 2.05) is 37.4 Å². The van der Waals surface area contributed by atoms with Crippen molar-refractivity contribution in [3.63, 3.8) is 0 Å². The monoisotopic (exact) mass is 282 g/mol. The standard InChI is InChI=1S/C15H14N4S/c1-2-14-17-18-15(20)19(14)16-10-12-8-5-7-11-6-3-4-9-13(11)12/h3-10H,2H2,1H3,(H,18,20)/b16-10-. The molecule has 20 heavy (non-hydrogen) atoms. The van der Waals surface area contributed by atoms with Crippen LogP contribution in [-0.4, -0.2) is 21.1 Å². The molecule has 1 aromatic heterocycles. The fraction of sp³-hybridized carbons (Fsp3) is 0.133. The number of rotatable bonds is 3. The van der Waals surface area contributed by atoms with Gasteiger partial charge in [0.2, 0.25) is 4.77 Å². The number of hydrogen-bond acceptors (Lipinski definition) is 3. The average molecular weight is 282 g/mol. The van der Waals surface area contributed by atoms with Crippen LogP contribution in [0.3, 0.4) is 0 Å². The van der Waals surface area contributed by atoms with Gasteiger partial charge in [0, 0.05) is 12.0 Å². The number of aromatic amines is 1. The molecule has 2 aromatic carbocycles. The number of benzene rings is 2. The minimum absolute atomic E-state index is 0.512. The van der Waals surface area contributed by atoms with E-state index < -0.39 is 0 Å². The van der Waals surface area contributed by atoms with Crippen LogP contribution in [0.1, 0.15) is 18.3 Å². The number of fused-ring (bicyclic) bond motifs is 1. The van der Waals surface area contributed by atoms with Gasteiger partial charge in [0.15, 0.2) is 5.82 Å². The fourth-order valence-electron chi connectivity index (χ4n) is 2.16. The van der Waals surface area contributed by atoms with E-state index in [1.54, 1.807) is 4.68 Å². The van der Waals surface area contributed by atoms with Gasteiger partial charge in [0.25, 0.3) is 0 Å². The van der Waals surface area contributed by atoms with E-state index in [4.69, 9.17) is 12.2 Å². The first-order valence-electron chi connectivity index (χ1n) is 6.48. The quantitative estimate of drug-likeness (QED) is 0.590. The molecular formula is C15H14N4S. The lowest BCUT2D eigenvalue weighted by Gasteiger charge is -2.01. The van der Waals surface area contributed by atoms with Gasteiger partial charge < -0.3 is 0 Å². The summed E-state index contributed by atoms with van der Waals surface area (Å²) in [5.41, 5.74) is 1.06. The Kier molecular flexibility index (Phi) is 3.43. The Morgan fingerprint density at radius 2 is 2.05 bits per heavy atom. The number of nitrogens with one attached hydrogen (secondary N) is 1. The largest absolute Gasteiger partial charge is 0.250 e. The molecule has 4 nitrogen and oxygen atoms in total. The van der Waals surface area contributed by atoms with Crippen molar-refractivity contribution in [2.24, 2.45) is 5.10 Å². The van der Waals surface area contributed by atoms with Crippen LogP contribution < -0.4 is 0 Å². The van der Waals surface area contributed by atoms with Crippen LogP contribution >= 0.6 is 12.2 Å². The summed E-state index contributed by atoms with van der Waals surface area (Å²) in [5, 5.41) is 13.7. The van der Waals surface area contributed by atoms with Crippen LogP contribution in [0.4, 0.5) is 0 Å². The summed E-state index contributed by atoms with van der Waals surface area (Å²) in [6, 6.07) is 14.4. The van der Waals surface area contributed by atoms with Gasteiger partial charge in [0.1, 0.15) is 0 Å². The van der Waals surface area contributed by atoms with Crippen molar-refractivity contribution in [2.45, 2.75) is 13.3 Å². The number of hydrogen-bond donors (Lipinski definition) is 1. The van der Waals surface area contributed by atoms with Crippen LogP contribution in [0.25, 0.3) is 10.8 Å². The molecule has 0 spiro atoms. The molecule has 3 aromatic rings. The van der Waals surface area contributed by atoms with Crippen LogP contribution in [0, 0.1) is 4.77 Å². The molecule has 0 aliphatic carbocycles. The van der Waals surface area contributed by atoms with Gasteiger partial charge in [-0.2, -0.15) is 14.9 Å². The third-order valence-corrected chi connectivity index (χ3v) is 3.43. The van der Waals surface area contributed by atoms with Gasteiger partial charge in [-0.25, -0.2) is 0 Å². The molecule has 100 valence electrons. The van der Waals surface area contributed by atoms with Crippen molar-refractivity contribution >= 4 is 29.2 Å². The molecule has 0 saturated heterocycles. The predicted molar refractivity (Wildman–Crippen MR) is 83.7 cm³/mol. The molecule has 5 heteroatoms. The smallest absolute Gasteiger partial charge is 0.216 e. The maximum atomic E-state index is 5.18. The molecule has 0 fully saturated rings. The van der Waals surface area contributed by atoms with Gasteiger partial charge in [-0.15, -0.1) is 0 Å². The Bertz CT molecular complexity index is 824. The first-order valence-corrected chi connectivity index (χ1v) is 6.89. The van der Waals surface area contributed by atoms with Crippen molar-refractivity contribution in [2.75, 3.05) is 0 Å². The van der Waals surface area contributed by atoms with Crippen molar-refractivity contribution in [1.82, 2.24) is 14.9 Å². The van der Waals surface area contributed by atoms with Crippen molar-refractivity contribution in [3.05, 3.63) is 58.6 Å². The van der Waals surface area contributed by atoms with Crippen molar-refractivity contribution < 1.29 is 0 Å². The summed E-state index contributed by atoms with van der Waals surface area (Å²) in [6.07, 6.45) is 2.60. The minimum Gasteiger partial charge on any atom is -0.250 e. The second-order valence-electron chi connectivity index (χ2n) is 4.42. The van der Waals surface area contributed by atoms with Crippen molar-refractivity contribution in [3.8, 4) is 0 Å². The normalized spacial score (nSPS) is 11.4.